The van der Waals surface area contributed by atoms with E-state index >= 15 is 0 Å². The lowest BCUT2D eigenvalue weighted by molar-refractivity contribution is -0.384. The van der Waals surface area contributed by atoms with E-state index in [-0.39, 0.29) is 35.2 Å². The molecule has 1 aliphatic carbocycles. The molecular weight excluding hydrogens is 362 g/mol. The highest BCUT2D eigenvalue weighted by molar-refractivity contribution is 5.93. The molecule has 1 aromatic rings. The molecule has 8 nitrogen and oxygen atoms in total. The van der Waals surface area contributed by atoms with E-state index in [4.69, 9.17) is 9.47 Å². The molecular formula is C20H31N3O5. The number of carbonyl (C=O) groups excluding carboxylic acids is 1. The van der Waals surface area contributed by atoms with Gasteiger partial charge in [-0.15, -0.1) is 0 Å². The third kappa shape index (κ3) is 5.42. The van der Waals surface area contributed by atoms with Gasteiger partial charge in [0.1, 0.15) is 11.4 Å². The van der Waals surface area contributed by atoms with Crippen molar-refractivity contribution >= 4 is 17.3 Å². The molecule has 1 aromatic carbocycles. The summed E-state index contributed by atoms with van der Waals surface area (Å²) in [6, 6.07) is 4.65. The summed E-state index contributed by atoms with van der Waals surface area (Å²) in [5.41, 5.74) is 0.0101. The average Bonchev–Trinajstić information content (AvgIpc) is 2.66. The third-order valence-electron chi connectivity index (χ3n) is 5.41. The van der Waals surface area contributed by atoms with Crippen LogP contribution in [-0.2, 0) is 9.53 Å². The lowest BCUT2D eigenvalue weighted by Crippen LogP contribution is -2.61. The van der Waals surface area contributed by atoms with Gasteiger partial charge in [0, 0.05) is 31.0 Å². The molecule has 0 heterocycles. The van der Waals surface area contributed by atoms with E-state index in [0.29, 0.717) is 18.3 Å². The SMILES string of the molecule is CCCCOC1CC(NCCC(=O)Nc2ccc(OC)cc2[N+](=O)[O-])C1(C)C. The Kier molecular flexibility index (Phi) is 7.77. The van der Waals surface area contributed by atoms with E-state index in [1.807, 2.05) is 0 Å². The molecule has 1 amide bonds. The van der Waals surface area contributed by atoms with Gasteiger partial charge in [-0.1, -0.05) is 27.2 Å². The number of nitrogens with zero attached hydrogens (tertiary/aromatic N) is 1. The molecule has 0 aliphatic heterocycles. The Bertz CT molecular complexity index is 692. The van der Waals surface area contributed by atoms with Crippen LogP contribution in [0.2, 0.25) is 0 Å². The molecule has 2 unspecified atom stereocenters. The number of rotatable bonds is 11. The average molecular weight is 393 g/mol. The monoisotopic (exact) mass is 393 g/mol. The number of nitrogens with one attached hydrogen (secondary N) is 2. The van der Waals surface area contributed by atoms with Crippen molar-refractivity contribution in [1.82, 2.24) is 5.32 Å². The third-order valence-corrected chi connectivity index (χ3v) is 5.41. The molecule has 2 rings (SSSR count). The predicted molar refractivity (Wildman–Crippen MR) is 108 cm³/mol. The molecule has 8 heteroatoms. The summed E-state index contributed by atoms with van der Waals surface area (Å²) in [5.74, 6) is 0.0999. The van der Waals surface area contributed by atoms with Gasteiger partial charge in [0.05, 0.1) is 24.2 Å². The van der Waals surface area contributed by atoms with Crippen LogP contribution in [0.1, 0.15) is 46.5 Å². The van der Waals surface area contributed by atoms with Crippen molar-refractivity contribution in [3.05, 3.63) is 28.3 Å². The topological polar surface area (TPSA) is 103 Å². The molecule has 2 N–H and O–H groups in total. The first-order valence-corrected chi connectivity index (χ1v) is 9.76. The molecule has 0 radical (unpaired) electrons. The predicted octanol–water partition coefficient (Wildman–Crippen LogP) is 3.51. The fourth-order valence-electron chi connectivity index (χ4n) is 3.35. The molecule has 1 saturated carbocycles. The van der Waals surface area contributed by atoms with Gasteiger partial charge in [-0.3, -0.25) is 14.9 Å². The standard InChI is InChI=1S/C20H31N3O5/c1-5-6-11-28-18-13-17(20(18,2)3)21-10-9-19(24)22-15-8-7-14(27-4)12-16(15)23(25)26/h7-8,12,17-18,21H,5-6,9-11,13H2,1-4H3,(H,22,24). The van der Waals surface area contributed by atoms with Crippen molar-refractivity contribution in [2.75, 3.05) is 25.6 Å². The number of ether oxygens (including phenoxy) is 2. The summed E-state index contributed by atoms with van der Waals surface area (Å²) in [4.78, 5) is 22.9. The van der Waals surface area contributed by atoms with Gasteiger partial charge in [-0.25, -0.2) is 0 Å². The summed E-state index contributed by atoms with van der Waals surface area (Å²) in [6.07, 6.45) is 3.60. The van der Waals surface area contributed by atoms with Gasteiger partial charge in [-0.2, -0.15) is 0 Å². The zero-order valence-corrected chi connectivity index (χ0v) is 17.1. The molecule has 28 heavy (non-hydrogen) atoms. The van der Waals surface area contributed by atoms with E-state index in [1.54, 1.807) is 6.07 Å². The number of unbranched alkanes of at least 4 members (excludes halogenated alkanes) is 1. The summed E-state index contributed by atoms with van der Waals surface area (Å²) in [5, 5.41) is 17.2. The van der Waals surface area contributed by atoms with Crippen LogP contribution in [0, 0.1) is 15.5 Å². The molecule has 1 aliphatic rings. The van der Waals surface area contributed by atoms with Gasteiger partial charge < -0.3 is 20.1 Å². The second kappa shape index (κ2) is 9.84. The van der Waals surface area contributed by atoms with Crippen molar-refractivity contribution in [1.29, 1.82) is 0 Å². The van der Waals surface area contributed by atoms with Gasteiger partial charge in [0.2, 0.25) is 5.91 Å². The first-order valence-electron chi connectivity index (χ1n) is 9.76. The van der Waals surface area contributed by atoms with Crippen LogP contribution in [0.15, 0.2) is 18.2 Å². The number of benzene rings is 1. The van der Waals surface area contributed by atoms with E-state index in [1.165, 1.54) is 19.2 Å². The molecule has 156 valence electrons. The second-order valence-corrected chi connectivity index (χ2v) is 7.72. The van der Waals surface area contributed by atoms with Crippen LogP contribution in [0.25, 0.3) is 0 Å². The molecule has 0 bridgehead atoms. The number of amides is 1. The van der Waals surface area contributed by atoms with Gasteiger partial charge in [0.25, 0.3) is 5.69 Å². The Balaban J connectivity index is 1.79. The number of hydrogen-bond acceptors (Lipinski definition) is 6. The van der Waals surface area contributed by atoms with Crippen LogP contribution in [0.4, 0.5) is 11.4 Å². The first-order chi connectivity index (χ1) is 13.3. The van der Waals surface area contributed by atoms with Crippen LogP contribution >= 0.6 is 0 Å². The van der Waals surface area contributed by atoms with Crippen LogP contribution in [0.5, 0.6) is 5.75 Å². The summed E-state index contributed by atoms with van der Waals surface area (Å²) in [7, 11) is 1.43. The number of nitro benzene ring substituents is 1. The fourth-order valence-corrected chi connectivity index (χ4v) is 3.35. The highest BCUT2D eigenvalue weighted by Crippen LogP contribution is 2.42. The van der Waals surface area contributed by atoms with Gasteiger partial charge >= 0.3 is 0 Å². The summed E-state index contributed by atoms with van der Waals surface area (Å²) >= 11 is 0. The minimum atomic E-state index is -0.536. The van der Waals surface area contributed by atoms with E-state index < -0.39 is 4.92 Å². The Labute approximate surface area is 166 Å². The highest BCUT2D eigenvalue weighted by Gasteiger charge is 2.48. The zero-order chi connectivity index (χ0) is 20.7. The van der Waals surface area contributed by atoms with E-state index in [0.717, 1.165) is 25.9 Å². The van der Waals surface area contributed by atoms with Crippen molar-refractivity contribution in [3.8, 4) is 5.75 Å². The van der Waals surface area contributed by atoms with Crippen molar-refractivity contribution in [2.24, 2.45) is 5.41 Å². The van der Waals surface area contributed by atoms with Gasteiger partial charge in [-0.05, 0) is 25.0 Å². The Morgan fingerprint density at radius 1 is 1.39 bits per heavy atom. The Morgan fingerprint density at radius 2 is 2.14 bits per heavy atom. The summed E-state index contributed by atoms with van der Waals surface area (Å²) in [6.45, 7) is 7.79. The quantitative estimate of drug-likeness (QED) is 0.339. The number of anilines is 1. The molecule has 0 aromatic heterocycles. The number of hydrogen-bond donors (Lipinski definition) is 2. The van der Waals surface area contributed by atoms with Gasteiger partial charge in [0.15, 0.2) is 0 Å². The van der Waals surface area contributed by atoms with Crippen molar-refractivity contribution in [3.63, 3.8) is 0 Å². The van der Waals surface area contributed by atoms with Crippen molar-refractivity contribution in [2.45, 2.75) is 58.6 Å². The van der Waals surface area contributed by atoms with E-state index in [9.17, 15) is 14.9 Å². The maximum absolute atomic E-state index is 12.2. The highest BCUT2D eigenvalue weighted by atomic mass is 16.6. The number of methoxy groups -OCH3 is 1. The van der Waals surface area contributed by atoms with Crippen LogP contribution in [-0.4, -0.2) is 43.2 Å². The van der Waals surface area contributed by atoms with Crippen LogP contribution < -0.4 is 15.4 Å². The zero-order valence-electron chi connectivity index (χ0n) is 17.1. The minimum absolute atomic E-state index is 0.0268. The maximum Gasteiger partial charge on any atom is 0.296 e. The van der Waals surface area contributed by atoms with Crippen LogP contribution in [0.3, 0.4) is 0 Å². The molecule has 0 saturated heterocycles. The van der Waals surface area contributed by atoms with E-state index in [2.05, 4.69) is 31.4 Å². The maximum atomic E-state index is 12.2. The van der Waals surface area contributed by atoms with Crippen molar-refractivity contribution < 1.29 is 19.2 Å². The lowest BCUT2D eigenvalue weighted by atomic mass is 9.64. The molecule has 1 fully saturated rings. The molecule has 2 atom stereocenters. The Morgan fingerprint density at radius 3 is 2.75 bits per heavy atom. The number of nitro groups is 1. The fraction of sp³-hybridized carbons (Fsp3) is 0.650. The summed E-state index contributed by atoms with van der Waals surface area (Å²) < 4.78 is 10.9. The smallest absolute Gasteiger partial charge is 0.296 e. The first kappa shape index (κ1) is 22.1. The number of carbonyl (C=O) groups is 1. The normalized spacial score (nSPS) is 20.3. The minimum Gasteiger partial charge on any atom is -0.496 e. The largest absolute Gasteiger partial charge is 0.496 e. The lowest BCUT2D eigenvalue weighted by Gasteiger charge is -2.52. The molecule has 0 spiro atoms. The second-order valence-electron chi connectivity index (χ2n) is 7.72. The Hall–Kier alpha value is -2.19.